The standard InChI is InChI=1S/C27H27N3O3/c1-16-22(28)7-4-10-25(16)31-19-13-20(32-26-11-5-8-23(29)17(26)2)15-21(14-19)33-27-12-6-9-24(30)18(27)3/h4-15H,28-30H2,1-3H3. The number of rotatable bonds is 6. The lowest BCUT2D eigenvalue weighted by Crippen LogP contribution is -1.97. The van der Waals surface area contributed by atoms with E-state index < -0.39 is 0 Å². The Kier molecular flexibility index (Phi) is 6.00. The maximum Gasteiger partial charge on any atom is 0.134 e. The van der Waals surface area contributed by atoms with Crippen molar-refractivity contribution in [3.8, 4) is 34.5 Å². The van der Waals surface area contributed by atoms with Crippen LogP contribution < -0.4 is 31.4 Å². The van der Waals surface area contributed by atoms with Gasteiger partial charge in [-0.05, 0) is 57.2 Å². The second kappa shape index (κ2) is 9.04. The summed E-state index contributed by atoms with van der Waals surface area (Å²) in [6, 6.07) is 22.0. The molecule has 0 bridgehead atoms. The van der Waals surface area contributed by atoms with Crippen LogP contribution in [0.5, 0.6) is 34.5 Å². The van der Waals surface area contributed by atoms with Crippen LogP contribution in [-0.4, -0.2) is 0 Å². The zero-order chi connectivity index (χ0) is 23.5. The molecule has 0 aliphatic rings. The molecular weight excluding hydrogens is 414 g/mol. The van der Waals surface area contributed by atoms with Crippen LogP contribution in [0.3, 0.4) is 0 Å². The van der Waals surface area contributed by atoms with Crippen LogP contribution in [0.25, 0.3) is 0 Å². The van der Waals surface area contributed by atoms with E-state index in [1.807, 2.05) is 75.4 Å². The van der Waals surface area contributed by atoms with Gasteiger partial charge >= 0.3 is 0 Å². The molecule has 0 spiro atoms. The van der Waals surface area contributed by atoms with Crippen molar-refractivity contribution in [3.05, 3.63) is 89.5 Å². The summed E-state index contributed by atoms with van der Waals surface area (Å²) >= 11 is 0. The molecule has 0 aliphatic carbocycles. The number of hydrogen-bond donors (Lipinski definition) is 3. The van der Waals surface area contributed by atoms with Crippen molar-refractivity contribution in [3.63, 3.8) is 0 Å². The molecule has 0 aliphatic heterocycles. The molecule has 0 saturated carbocycles. The molecule has 0 atom stereocenters. The van der Waals surface area contributed by atoms with Gasteiger partial charge in [-0.3, -0.25) is 0 Å². The lowest BCUT2D eigenvalue weighted by atomic mass is 10.2. The van der Waals surface area contributed by atoms with Crippen molar-refractivity contribution >= 4 is 17.1 Å². The van der Waals surface area contributed by atoms with Gasteiger partial charge in [0, 0.05) is 52.0 Å². The monoisotopic (exact) mass is 441 g/mol. The van der Waals surface area contributed by atoms with Crippen LogP contribution >= 0.6 is 0 Å². The highest BCUT2D eigenvalue weighted by Gasteiger charge is 2.12. The molecule has 0 heterocycles. The summed E-state index contributed by atoms with van der Waals surface area (Å²) in [6.07, 6.45) is 0. The van der Waals surface area contributed by atoms with Crippen LogP contribution in [0, 0.1) is 20.8 Å². The van der Waals surface area contributed by atoms with E-state index in [0.29, 0.717) is 51.6 Å². The molecule has 4 aromatic rings. The van der Waals surface area contributed by atoms with Gasteiger partial charge in [0.05, 0.1) is 0 Å². The van der Waals surface area contributed by atoms with Gasteiger partial charge in [0.2, 0.25) is 0 Å². The van der Waals surface area contributed by atoms with E-state index in [1.165, 1.54) is 0 Å². The van der Waals surface area contributed by atoms with Crippen LogP contribution in [0.2, 0.25) is 0 Å². The number of ether oxygens (including phenoxy) is 3. The number of nitrogens with two attached hydrogens (primary N) is 3. The maximum atomic E-state index is 6.17. The van der Waals surface area contributed by atoms with Crippen molar-refractivity contribution < 1.29 is 14.2 Å². The molecule has 168 valence electrons. The molecule has 4 aromatic carbocycles. The normalized spacial score (nSPS) is 10.6. The largest absolute Gasteiger partial charge is 0.457 e. The second-order valence-corrected chi connectivity index (χ2v) is 7.86. The number of hydrogen-bond acceptors (Lipinski definition) is 6. The number of benzene rings is 4. The molecule has 4 rings (SSSR count). The summed E-state index contributed by atoms with van der Waals surface area (Å²) in [4.78, 5) is 0. The summed E-state index contributed by atoms with van der Waals surface area (Å²) in [5.41, 5.74) is 22.7. The van der Waals surface area contributed by atoms with E-state index in [1.54, 1.807) is 18.2 Å². The van der Waals surface area contributed by atoms with Crippen LogP contribution in [0.1, 0.15) is 16.7 Å². The first kappa shape index (κ1) is 21.9. The summed E-state index contributed by atoms with van der Waals surface area (Å²) in [7, 11) is 0. The highest BCUT2D eigenvalue weighted by molar-refractivity contribution is 5.58. The third-order valence-electron chi connectivity index (χ3n) is 5.51. The first-order valence-corrected chi connectivity index (χ1v) is 10.6. The molecule has 6 nitrogen and oxygen atoms in total. The van der Waals surface area contributed by atoms with E-state index in [-0.39, 0.29) is 0 Å². The molecule has 0 fully saturated rings. The Morgan fingerprint density at radius 3 is 1.00 bits per heavy atom. The van der Waals surface area contributed by atoms with Crippen LogP contribution in [0.15, 0.2) is 72.8 Å². The maximum absolute atomic E-state index is 6.17. The molecule has 33 heavy (non-hydrogen) atoms. The Morgan fingerprint density at radius 1 is 0.455 bits per heavy atom. The van der Waals surface area contributed by atoms with E-state index in [0.717, 1.165) is 16.7 Å². The Hall–Kier alpha value is -4.32. The second-order valence-electron chi connectivity index (χ2n) is 7.86. The minimum atomic E-state index is 0.541. The lowest BCUT2D eigenvalue weighted by molar-refractivity contribution is 0.437. The van der Waals surface area contributed by atoms with Gasteiger partial charge in [-0.2, -0.15) is 0 Å². The van der Waals surface area contributed by atoms with Crippen molar-refractivity contribution in [2.75, 3.05) is 17.2 Å². The Bertz CT molecular complexity index is 1150. The van der Waals surface area contributed by atoms with Gasteiger partial charge in [-0.1, -0.05) is 18.2 Å². The molecule has 6 N–H and O–H groups in total. The average Bonchev–Trinajstić information content (AvgIpc) is 2.78. The van der Waals surface area contributed by atoms with Gasteiger partial charge in [0.15, 0.2) is 0 Å². The predicted molar refractivity (Wildman–Crippen MR) is 133 cm³/mol. The topological polar surface area (TPSA) is 106 Å². The van der Waals surface area contributed by atoms with Gasteiger partial charge in [-0.15, -0.1) is 0 Å². The summed E-state index contributed by atoms with van der Waals surface area (Å²) in [5.74, 6) is 3.58. The van der Waals surface area contributed by atoms with E-state index in [9.17, 15) is 0 Å². The minimum Gasteiger partial charge on any atom is -0.457 e. The molecule has 0 saturated heterocycles. The molecule has 0 amide bonds. The van der Waals surface area contributed by atoms with E-state index in [2.05, 4.69) is 0 Å². The predicted octanol–water partition coefficient (Wildman–Crippen LogP) is 6.74. The minimum absolute atomic E-state index is 0.541. The number of anilines is 3. The third kappa shape index (κ3) is 4.80. The first-order chi connectivity index (χ1) is 15.8. The van der Waals surface area contributed by atoms with Crippen molar-refractivity contribution in [1.29, 1.82) is 0 Å². The quantitative estimate of drug-likeness (QED) is 0.286. The van der Waals surface area contributed by atoms with E-state index in [4.69, 9.17) is 31.4 Å². The summed E-state index contributed by atoms with van der Waals surface area (Å²) in [5, 5.41) is 0. The Balaban J connectivity index is 1.74. The lowest BCUT2D eigenvalue weighted by Gasteiger charge is -2.16. The van der Waals surface area contributed by atoms with Crippen molar-refractivity contribution in [2.45, 2.75) is 20.8 Å². The van der Waals surface area contributed by atoms with Gasteiger partial charge < -0.3 is 31.4 Å². The third-order valence-corrected chi connectivity index (χ3v) is 5.51. The van der Waals surface area contributed by atoms with Gasteiger partial charge in [0.1, 0.15) is 34.5 Å². The fourth-order valence-corrected chi connectivity index (χ4v) is 3.33. The molecular formula is C27H27N3O3. The fraction of sp³-hybridized carbons (Fsp3) is 0.111. The SMILES string of the molecule is Cc1c(N)cccc1Oc1cc(Oc2cccc(N)c2C)cc(Oc2cccc(N)c2C)c1. The average molecular weight is 442 g/mol. The Labute approximate surface area is 193 Å². The zero-order valence-corrected chi connectivity index (χ0v) is 18.9. The number of nitrogen functional groups attached to an aromatic ring is 3. The summed E-state index contributed by atoms with van der Waals surface area (Å²) < 4.78 is 18.5. The first-order valence-electron chi connectivity index (χ1n) is 10.6. The zero-order valence-electron chi connectivity index (χ0n) is 18.9. The van der Waals surface area contributed by atoms with Crippen molar-refractivity contribution in [1.82, 2.24) is 0 Å². The fourth-order valence-electron chi connectivity index (χ4n) is 3.33. The molecule has 0 unspecified atom stereocenters. The van der Waals surface area contributed by atoms with Gasteiger partial charge in [0.25, 0.3) is 0 Å². The Morgan fingerprint density at radius 2 is 0.727 bits per heavy atom. The molecule has 0 aromatic heterocycles. The van der Waals surface area contributed by atoms with Crippen LogP contribution in [0.4, 0.5) is 17.1 Å². The molecule has 6 heteroatoms. The smallest absolute Gasteiger partial charge is 0.134 e. The highest BCUT2D eigenvalue weighted by Crippen LogP contribution is 2.38. The van der Waals surface area contributed by atoms with Crippen LogP contribution in [-0.2, 0) is 0 Å². The van der Waals surface area contributed by atoms with Gasteiger partial charge in [-0.25, -0.2) is 0 Å². The highest BCUT2D eigenvalue weighted by atomic mass is 16.5. The molecule has 0 radical (unpaired) electrons. The van der Waals surface area contributed by atoms with E-state index >= 15 is 0 Å². The summed E-state index contributed by atoms with van der Waals surface area (Å²) in [6.45, 7) is 5.73. The van der Waals surface area contributed by atoms with Crippen molar-refractivity contribution in [2.24, 2.45) is 0 Å².